The number of aryl methyl sites for hydroxylation is 1. The molecule has 1 aliphatic rings. The topological polar surface area (TPSA) is 58.1 Å². The summed E-state index contributed by atoms with van der Waals surface area (Å²) < 4.78 is 0. The average molecular weight is 344 g/mol. The van der Waals surface area contributed by atoms with Gasteiger partial charge in [-0.2, -0.15) is 4.98 Å². The first-order valence-electron chi connectivity index (χ1n) is 8.77. The molecule has 0 spiro atoms. The number of nitrogens with zero attached hydrogens (tertiary/aromatic N) is 3. The first-order valence-corrected chi connectivity index (χ1v) is 8.77. The van der Waals surface area contributed by atoms with Crippen molar-refractivity contribution in [3.8, 4) is 0 Å². The molecule has 2 aromatic carbocycles. The maximum atomic E-state index is 11.4. The summed E-state index contributed by atoms with van der Waals surface area (Å²) in [6, 6.07) is 17.7. The number of Topliss-reactive ketones (excluding diaryl/α,β-unsaturated/α-hetero) is 1. The predicted molar refractivity (Wildman–Crippen MR) is 104 cm³/mol. The number of hydrogen-bond acceptors (Lipinski definition) is 5. The van der Waals surface area contributed by atoms with E-state index >= 15 is 0 Å². The number of nitrogens with one attached hydrogen (secondary N) is 1. The van der Waals surface area contributed by atoms with Crippen LogP contribution in [0.2, 0.25) is 0 Å². The van der Waals surface area contributed by atoms with Crippen LogP contribution in [-0.2, 0) is 6.42 Å². The number of carbonyl (C=O) groups excluding carboxylic acids is 1. The van der Waals surface area contributed by atoms with Crippen molar-refractivity contribution in [2.75, 3.05) is 16.8 Å². The smallest absolute Gasteiger partial charge is 0.229 e. The molecular weight excluding hydrogens is 324 g/mol. The molecule has 5 heteroatoms. The first-order chi connectivity index (χ1) is 12.7. The molecule has 0 amide bonds. The fourth-order valence-corrected chi connectivity index (χ4v) is 3.25. The minimum Gasteiger partial charge on any atom is -0.326 e. The maximum Gasteiger partial charge on any atom is 0.229 e. The zero-order valence-electron chi connectivity index (χ0n) is 14.6. The van der Waals surface area contributed by atoms with Gasteiger partial charge in [0.15, 0.2) is 5.78 Å². The number of ketones is 1. The molecule has 0 radical (unpaired) electrons. The Hall–Kier alpha value is -3.21. The number of aromatic nitrogens is 2. The number of rotatable bonds is 4. The summed E-state index contributed by atoms with van der Waals surface area (Å²) >= 11 is 0. The zero-order chi connectivity index (χ0) is 17.9. The van der Waals surface area contributed by atoms with E-state index in [-0.39, 0.29) is 5.78 Å². The summed E-state index contributed by atoms with van der Waals surface area (Å²) in [6.45, 7) is 2.51. The van der Waals surface area contributed by atoms with Gasteiger partial charge in [-0.3, -0.25) is 4.79 Å². The van der Waals surface area contributed by atoms with E-state index in [1.165, 1.54) is 11.3 Å². The van der Waals surface area contributed by atoms with E-state index in [1.807, 2.05) is 18.2 Å². The van der Waals surface area contributed by atoms with Gasteiger partial charge in [0.05, 0.1) is 0 Å². The Bertz CT molecular complexity index is 937. The fraction of sp³-hybridized carbons (Fsp3) is 0.190. The predicted octanol–water partition coefficient (Wildman–Crippen LogP) is 4.51. The third kappa shape index (κ3) is 3.28. The van der Waals surface area contributed by atoms with E-state index < -0.39 is 0 Å². The minimum absolute atomic E-state index is 0.0542. The highest BCUT2D eigenvalue weighted by Crippen LogP contribution is 2.32. The zero-order valence-corrected chi connectivity index (χ0v) is 14.6. The molecule has 130 valence electrons. The molecule has 0 aliphatic carbocycles. The van der Waals surface area contributed by atoms with Crippen LogP contribution in [-0.4, -0.2) is 22.3 Å². The van der Waals surface area contributed by atoms with Gasteiger partial charge in [-0.1, -0.05) is 18.2 Å². The molecule has 0 saturated heterocycles. The van der Waals surface area contributed by atoms with Crippen LogP contribution in [0.15, 0.2) is 60.8 Å². The van der Waals surface area contributed by atoms with Gasteiger partial charge < -0.3 is 10.2 Å². The highest BCUT2D eigenvalue weighted by atomic mass is 16.1. The highest BCUT2D eigenvalue weighted by Gasteiger charge is 2.19. The Balaban J connectivity index is 1.59. The Labute approximate surface area is 152 Å². The summed E-state index contributed by atoms with van der Waals surface area (Å²) in [7, 11) is 0. The largest absolute Gasteiger partial charge is 0.326 e. The van der Waals surface area contributed by atoms with Crippen molar-refractivity contribution in [3.63, 3.8) is 0 Å². The van der Waals surface area contributed by atoms with Gasteiger partial charge in [-0.25, -0.2) is 4.98 Å². The van der Waals surface area contributed by atoms with Crippen LogP contribution in [0.4, 0.5) is 23.1 Å². The van der Waals surface area contributed by atoms with Crippen LogP contribution in [0.1, 0.15) is 29.3 Å². The molecule has 3 aromatic rings. The lowest BCUT2D eigenvalue weighted by atomic mass is 10.0. The van der Waals surface area contributed by atoms with Gasteiger partial charge in [0.1, 0.15) is 5.82 Å². The van der Waals surface area contributed by atoms with E-state index in [0.29, 0.717) is 11.5 Å². The molecule has 1 aliphatic heterocycles. The van der Waals surface area contributed by atoms with Crippen LogP contribution in [0.5, 0.6) is 0 Å². The van der Waals surface area contributed by atoms with Gasteiger partial charge in [0.25, 0.3) is 0 Å². The summed E-state index contributed by atoms with van der Waals surface area (Å²) in [5.74, 6) is 1.48. The number of carbonyl (C=O) groups is 1. The molecular formula is C21H20N4O. The average Bonchev–Trinajstić information content (AvgIpc) is 2.68. The molecule has 0 saturated carbocycles. The Morgan fingerprint density at radius 3 is 2.69 bits per heavy atom. The van der Waals surface area contributed by atoms with Gasteiger partial charge in [-0.05, 0) is 61.7 Å². The van der Waals surface area contributed by atoms with E-state index in [9.17, 15) is 4.79 Å². The molecule has 0 unspecified atom stereocenters. The fourth-order valence-electron chi connectivity index (χ4n) is 3.25. The molecule has 1 N–H and O–H groups in total. The lowest BCUT2D eigenvalue weighted by molar-refractivity contribution is 0.101. The van der Waals surface area contributed by atoms with E-state index in [4.69, 9.17) is 0 Å². The Morgan fingerprint density at radius 2 is 1.88 bits per heavy atom. The minimum atomic E-state index is 0.0542. The quantitative estimate of drug-likeness (QED) is 0.706. The van der Waals surface area contributed by atoms with Crippen molar-refractivity contribution >= 4 is 28.9 Å². The number of benzene rings is 2. The summed E-state index contributed by atoms with van der Waals surface area (Å²) in [4.78, 5) is 22.6. The van der Waals surface area contributed by atoms with Crippen molar-refractivity contribution in [3.05, 3.63) is 71.9 Å². The van der Waals surface area contributed by atoms with Gasteiger partial charge >= 0.3 is 0 Å². The number of anilines is 4. The van der Waals surface area contributed by atoms with E-state index in [0.717, 1.165) is 30.9 Å². The second kappa shape index (κ2) is 6.96. The van der Waals surface area contributed by atoms with Crippen molar-refractivity contribution < 1.29 is 4.79 Å². The summed E-state index contributed by atoms with van der Waals surface area (Å²) in [5, 5.41) is 3.21. The third-order valence-corrected chi connectivity index (χ3v) is 4.58. The van der Waals surface area contributed by atoms with Crippen molar-refractivity contribution in [1.29, 1.82) is 0 Å². The van der Waals surface area contributed by atoms with Crippen molar-refractivity contribution in [1.82, 2.24) is 9.97 Å². The van der Waals surface area contributed by atoms with Gasteiger partial charge in [-0.15, -0.1) is 0 Å². The van der Waals surface area contributed by atoms with Crippen molar-refractivity contribution in [2.45, 2.75) is 19.8 Å². The first kappa shape index (κ1) is 16.3. The summed E-state index contributed by atoms with van der Waals surface area (Å²) in [5.41, 5.74) is 4.11. The van der Waals surface area contributed by atoms with E-state index in [1.54, 1.807) is 25.3 Å². The Kier molecular flexibility index (Phi) is 4.35. The molecule has 0 fully saturated rings. The molecule has 1 aromatic heterocycles. The highest BCUT2D eigenvalue weighted by molar-refractivity contribution is 5.94. The second-order valence-electron chi connectivity index (χ2n) is 6.38. The number of hydrogen-bond donors (Lipinski definition) is 1. The van der Waals surface area contributed by atoms with Crippen LogP contribution in [0.25, 0.3) is 0 Å². The van der Waals surface area contributed by atoms with Crippen LogP contribution < -0.4 is 10.2 Å². The lowest BCUT2D eigenvalue weighted by Gasteiger charge is -2.30. The summed E-state index contributed by atoms with van der Waals surface area (Å²) in [6.07, 6.45) is 3.98. The molecule has 2 heterocycles. The molecule has 0 bridgehead atoms. The van der Waals surface area contributed by atoms with E-state index in [2.05, 4.69) is 44.5 Å². The monoisotopic (exact) mass is 344 g/mol. The third-order valence-electron chi connectivity index (χ3n) is 4.58. The maximum absolute atomic E-state index is 11.4. The second-order valence-corrected chi connectivity index (χ2v) is 6.38. The van der Waals surface area contributed by atoms with Gasteiger partial charge in [0.2, 0.25) is 5.95 Å². The lowest BCUT2D eigenvalue weighted by Crippen LogP contribution is -2.25. The molecule has 5 nitrogen and oxygen atoms in total. The normalized spacial score (nSPS) is 13.2. The SMILES string of the molecule is CC(=O)c1ccc(Nc2nccc(N3CCCc4ccccc43)n2)cc1. The Morgan fingerprint density at radius 1 is 1.08 bits per heavy atom. The van der Waals surface area contributed by atoms with Gasteiger partial charge in [0, 0.05) is 29.7 Å². The van der Waals surface area contributed by atoms with Crippen molar-refractivity contribution in [2.24, 2.45) is 0 Å². The number of fused-ring (bicyclic) bond motifs is 1. The molecule has 4 rings (SSSR count). The number of para-hydroxylation sites is 1. The van der Waals surface area contributed by atoms with Crippen LogP contribution >= 0.6 is 0 Å². The molecule has 26 heavy (non-hydrogen) atoms. The molecule has 0 atom stereocenters. The van der Waals surface area contributed by atoms with Crippen LogP contribution in [0.3, 0.4) is 0 Å². The standard InChI is InChI=1S/C21H20N4O/c1-15(26)16-8-10-18(11-9-16)23-21-22-13-12-20(24-21)25-14-4-6-17-5-2-3-7-19(17)25/h2-3,5,7-13H,4,6,14H2,1H3,(H,22,23,24). The van der Waals surface area contributed by atoms with Crippen LogP contribution in [0, 0.1) is 0 Å².